The molecule has 3 rings (SSSR count). The van der Waals surface area contributed by atoms with Crippen LogP contribution in [0.25, 0.3) is 0 Å². The second kappa shape index (κ2) is 6.71. The minimum absolute atomic E-state index is 0.208. The summed E-state index contributed by atoms with van der Waals surface area (Å²) in [4.78, 5) is 9.41. The molecule has 5 nitrogen and oxygen atoms in total. The molecule has 2 fully saturated rings. The molecule has 1 saturated carbocycles. The highest BCUT2D eigenvalue weighted by atomic mass is 16.5. The molecule has 116 valence electrons. The number of hydrogen-bond acceptors (Lipinski definition) is 5. The number of ether oxygens (including phenoxy) is 2. The summed E-state index contributed by atoms with van der Waals surface area (Å²) >= 11 is 0. The topological polar surface area (TPSA) is 70.3 Å². The highest BCUT2D eigenvalue weighted by Crippen LogP contribution is 2.39. The van der Waals surface area contributed by atoms with Gasteiger partial charge < -0.3 is 15.2 Å². The van der Waals surface area contributed by atoms with Crippen molar-refractivity contribution < 1.29 is 9.47 Å². The fourth-order valence-electron chi connectivity index (χ4n) is 2.80. The Balaban J connectivity index is 1.81. The highest BCUT2D eigenvalue weighted by molar-refractivity contribution is 5.33. The van der Waals surface area contributed by atoms with Gasteiger partial charge in [-0.25, -0.2) is 4.98 Å². The van der Waals surface area contributed by atoms with Crippen molar-refractivity contribution >= 4 is 0 Å². The van der Waals surface area contributed by atoms with Gasteiger partial charge in [-0.15, -0.1) is 0 Å². The van der Waals surface area contributed by atoms with E-state index in [1.165, 1.54) is 12.8 Å². The maximum Gasteiger partial charge on any atom is 0.220 e. The van der Waals surface area contributed by atoms with Gasteiger partial charge in [0.05, 0.1) is 11.8 Å². The third-order valence-electron chi connectivity index (χ3n) is 4.17. The summed E-state index contributed by atoms with van der Waals surface area (Å²) in [6.45, 7) is 4.15. The van der Waals surface area contributed by atoms with Crippen molar-refractivity contribution in [3.63, 3.8) is 0 Å². The number of aryl methyl sites for hydroxylation is 1. The lowest BCUT2D eigenvalue weighted by Gasteiger charge is -2.16. The minimum atomic E-state index is 0.208. The molecule has 1 saturated heterocycles. The third-order valence-corrected chi connectivity index (χ3v) is 4.17. The average molecular weight is 291 g/mol. The Morgan fingerprint density at radius 3 is 2.76 bits per heavy atom. The lowest BCUT2D eigenvalue weighted by molar-refractivity contribution is 0.0657. The Labute approximate surface area is 126 Å². The van der Waals surface area contributed by atoms with Crippen LogP contribution in [-0.4, -0.2) is 35.8 Å². The van der Waals surface area contributed by atoms with Crippen molar-refractivity contribution in [3.8, 4) is 5.88 Å². The first-order chi connectivity index (χ1) is 10.3. The molecule has 0 aromatic carbocycles. The summed E-state index contributed by atoms with van der Waals surface area (Å²) in [6.07, 6.45) is 6.48. The summed E-state index contributed by atoms with van der Waals surface area (Å²) in [5, 5.41) is 0. The van der Waals surface area contributed by atoms with Gasteiger partial charge >= 0.3 is 0 Å². The first kappa shape index (κ1) is 14.7. The minimum Gasteiger partial charge on any atom is -0.475 e. The Morgan fingerprint density at radius 1 is 1.29 bits per heavy atom. The monoisotopic (exact) mass is 291 g/mol. The van der Waals surface area contributed by atoms with Crippen molar-refractivity contribution in [3.05, 3.63) is 17.1 Å². The van der Waals surface area contributed by atoms with Crippen LogP contribution in [0.1, 0.15) is 55.6 Å². The van der Waals surface area contributed by atoms with E-state index in [0.717, 1.165) is 55.3 Å². The average Bonchev–Trinajstić information content (AvgIpc) is 3.22. The van der Waals surface area contributed by atoms with Crippen LogP contribution in [0.5, 0.6) is 5.88 Å². The number of rotatable bonds is 7. The summed E-state index contributed by atoms with van der Waals surface area (Å²) in [7, 11) is 0. The van der Waals surface area contributed by atoms with Gasteiger partial charge in [0.25, 0.3) is 0 Å². The van der Waals surface area contributed by atoms with Gasteiger partial charge in [0, 0.05) is 18.1 Å². The van der Waals surface area contributed by atoms with E-state index in [1.807, 2.05) is 0 Å². The molecule has 0 spiro atoms. The van der Waals surface area contributed by atoms with Gasteiger partial charge in [0.2, 0.25) is 5.88 Å². The summed E-state index contributed by atoms with van der Waals surface area (Å²) in [5.74, 6) is 2.23. The van der Waals surface area contributed by atoms with Crippen molar-refractivity contribution in [1.82, 2.24) is 9.97 Å². The largest absolute Gasteiger partial charge is 0.475 e. The van der Waals surface area contributed by atoms with Crippen LogP contribution in [-0.2, 0) is 17.6 Å². The quantitative estimate of drug-likeness (QED) is 0.831. The van der Waals surface area contributed by atoms with Crippen molar-refractivity contribution in [2.24, 2.45) is 5.73 Å². The van der Waals surface area contributed by atoms with E-state index < -0.39 is 0 Å². The second-order valence-corrected chi connectivity index (χ2v) is 5.92. The third kappa shape index (κ3) is 3.52. The van der Waals surface area contributed by atoms with Crippen LogP contribution in [0.15, 0.2) is 0 Å². The standard InChI is InChI=1S/C16H25N3O2/c1-2-14-13(7-8-17)16(19-15(18-14)11-5-6-11)21-10-12-4-3-9-20-12/h11-12H,2-10,17H2,1H3. The van der Waals surface area contributed by atoms with E-state index >= 15 is 0 Å². The van der Waals surface area contributed by atoms with Gasteiger partial charge in [-0.1, -0.05) is 6.92 Å². The molecule has 2 aliphatic rings. The molecule has 0 radical (unpaired) electrons. The normalized spacial score (nSPS) is 21.7. The Kier molecular flexibility index (Phi) is 4.70. The van der Waals surface area contributed by atoms with Crippen LogP contribution >= 0.6 is 0 Å². The molecule has 1 unspecified atom stereocenters. The molecule has 1 aliphatic carbocycles. The number of nitrogens with two attached hydrogens (primary N) is 1. The lowest BCUT2D eigenvalue weighted by Crippen LogP contribution is -2.19. The molecule has 1 aromatic heterocycles. The van der Waals surface area contributed by atoms with Gasteiger partial charge in [-0.2, -0.15) is 4.98 Å². The first-order valence-corrected chi connectivity index (χ1v) is 8.16. The molecule has 1 atom stereocenters. The SMILES string of the molecule is CCc1nc(C2CC2)nc(OCC2CCCO2)c1CCN. The predicted molar refractivity (Wildman–Crippen MR) is 80.6 cm³/mol. The molecule has 5 heteroatoms. The summed E-state index contributed by atoms with van der Waals surface area (Å²) in [5.41, 5.74) is 7.93. The number of aromatic nitrogens is 2. The van der Waals surface area contributed by atoms with Gasteiger partial charge in [-0.05, 0) is 45.1 Å². The maximum absolute atomic E-state index is 6.00. The van der Waals surface area contributed by atoms with E-state index in [2.05, 4.69) is 11.9 Å². The fourth-order valence-corrected chi connectivity index (χ4v) is 2.80. The molecule has 2 N–H and O–H groups in total. The Morgan fingerprint density at radius 2 is 2.14 bits per heavy atom. The van der Waals surface area contributed by atoms with Crippen molar-refractivity contribution in [1.29, 1.82) is 0 Å². The van der Waals surface area contributed by atoms with Crippen LogP contribution in [0.2, 0.25) is 0 Å². The van der Waals surface area contributed by atoms with Gasteiger partial charge in [0.1, 0.15) is 12.4 Å². The molecule has 1 aliphatic heterocycles. The summed E-state index contributed by atoms with van der Waals surface area (Å²) in [6, 6.07) is 0. The first-order valence-electron chi connectivity index (χ1n) is 8.16. The highest BCUT2D eigenvalue weighted by Gasteiger charge is 2.29. The maximum atomic E-state index is 6.00. The van der Waals surface area contributed by atoms with Crippen molar-refractivity contribution in [2.75, 3.05) is 19.8 Å². The Hall–Kier alpha value is -1.20. The van der Waals surface area contributed by atoms with Crippen LogP contribution in [0.3, 0.4) is 0 Å². The molecule has 1 aromatic rings. The van der Waals surface area contributed by atoms with Crippen LogP contribution in [0.4, 0.5) is 0 Å². The van der Waals surface area contributed by atoms with Gasteiger partial charge in [0.15, 0.2) is 0 Å². The van der Waals surface area contributed by atoms with Crippen LogP contribution in [0, 0.1) is 0 Å². The Bertz CT molecular complexity index is 483. The molecule has 0 amide bonds. The van der Waals surface area contributed by atoms with E-state index in [0.29, 0.717) is 19.1 Å². The molecule has 0 bridgehead atoms. The van der Waals surface area contributed by atoms with Gasteiger partial charge in [-0.3, -0.25) is 0 Å². The number of nitrogens with zero attached hydrogens (tertiary/aromatic N) is 2. The lowest BCUT2D eigenvalue weighted by atomic mass is 10.1. The molecule has 2 heterocycles. The van der Waals surface area contributed by atoms with E-state index in [4.69, 9.17) is 20.2 Å². The smallest absolute Gasteiger partial charge is 0.220 e. The van der Waals surface area contributed by atoms with Crippen LogP contribution < -0.4 is 10.5 Å². The fraction of sp³-hybridized carbons (Fsp3) is 0.750. The van der Waals surface area contributed by atoms with E-state index in [-0.39, 0.29) is 6.10 Å². The predicted octanol–water partition coefficient (Wildman–Crippen LogP) is 1.98. The molecule has 21 heavy (non-hydrogen) atoms. The van der Waals surface area contributed by atoms with Crippen molar-refractivity contribution in [2.45, 2.75) is 57.5 Å². The number of hydrogen-bond donors (Lipinski definition) is 1. The zero-order chi connectivity index (χ0) is 14.7. The zero-order valence-electron chi connectivity index (χ0n) is 12.8. The molecular weight excluding hydrogens is 266 g/mol. The zero-order valence-corrected chi connectivity index (χ0v) is 12.8. The van der Waals surface area contributed by atoms with E-state index in [9.17, 15) is 0 Å². The second-order valence-electron chi connectivity index (χ2n) is 5.92. The summed E-state index contributed by atoms with van der Waals surface area (Å²) < 4.78 is 11.6. The molecular formula is C16H25N3O2. The van der Waals surface area contributed by atoms with E-state index in [1.54, 1.807) is 0 Å².